The molecule has 0 bridgehead atoms. The van der Waals surface area contributed by atoms with Gasteiger partial charge in [-0.3, -0.25) is 0 Å². The molecule has 1 aromatic carbocycles. The molecule has 88 valence electrons. The highest BCUT2D eigenvalue weighted by molar-refractivity contribution is 7.99. The van der Waals surface area contributed by atoms with Crippen molar-refractivity contribution in [3.05, 3.63) is 29.3 Å². The van der Waals surface area contributed by atoms with E-state index in [1.54, 1.807) is 6.92 Å². The Morgan fingerprint density at radius 1 is 1.38 bits per heavy atom. The van der Waals surface area contributed by atoms with Crippen LogP contribution in [0.5, 0.6) is 0 Å². The maximum absolute atomic E-state index is 13.7. The molecule has 1 unspecified atom stereocenters. The predicted octanol–water partition coefficient (Wildman–Crippen LogP) is 3.58. The molecule has 0 aromatic heterocycles. The first-order valence-corrected chi connectivity index (χ1v) is 6.63. The standard InChI is InChI=1S/C12H15F2NS/c1-8-4-5-10(13)12(11(8)14)15-9-3-2-6-16-7-9/h4-5,9,15H,2-3,6-7H2,1H3. The van der Waals surface area contributed by atoms with Gasteiger partial charge in [-0.25, -0.2) is 8.78 Å². The molecule has 1 N–H and O–H groups in total. The molecule has 0 radical (unpaired) electrons. The van der Waals surface area contributed by atoms with Gasteiger partial charge in [-0.05, 0) is 37.1 Å². The minimum Gasteiger partial charge on any atom is -0.377 e. The van der Waals surface area contributed by atoms with E-state index in [2.05, 4.69) is 5.32 Å². The fourth-order valence-corrected chi connectivity index (χ4v) is 2.92. The minimum absolute atomic E-state index is 0.0347. The molecule has 1 aliphatic rings. The van der Waals surface area contributed by atoms with Crippen molar-refractivity contribution in [1.29, 1.82) is 0 Å². The van der Waals surface area contributed by atoms with Crippen molar-refractivity contribution < 1.29 is 8.78 Å². The molecule has 0 spiro atoms. The van der Waals surface area contributed by atoms with Crippen molar-refractivity contribution in [3.63, 3.8) is 0 Å². The van der Waals surface area contributed by atoms with Crippen LogP contribution in [0.3, 0.4) is 0 Å². The summed E-state index contributed by atoms with van der Waals surface area (Å²) in [5, 5.41) is 2.99. The molecule has 1 saturated heterocycles. The van der Waals surface area contributed by atoms with Crippen molar-refractivity contribution in [2.45, 2.75) is 25.8 Å². The zero-order valence-corrected chi connectivity index (χ0v) is 10.0. The van der Waals surface area contributed by atoms with E-state index in [0.29, 0.717) is 5.56 Å². The summed E-state index contributed by atoms with van der Waals surface area (Å²) in [5.41, 5.74) is 0.514. The van der Waals surface area contributed by atoms with Gasteiger partial charge in [0, 0.05) is 11.8 Å². The van der Waals surface area contributed by atoms with Crippen LogP contribution in [0.25, 0.3) is 0 Å². The van der Waals surface area contributed by atoms with Crippen LogP contribution in [0.4, 0.5) is 14.5 Å². The second-order valence-corrected chi connectivity index (χ2v) is 5.26. The topological polar surface area (TPSA) is 12.0 Å². The van der Waals surface area contributed by atoms with Crippen molar-refractivity contribution in [1.82, 2.24) is 0 Å². The first-order chi connectivity index (χ1) is 7.68. The van der Waals surface area contributed by atoms with Gasteiger partial charge in [-0.15, -0.1) is 0 Å². The molecule has 2 rings (SSSR count). The number of thioether (sulfide) groups is 1. The maximum Gasteiger partial charge on any atom is 0.152 e. The molecule has 0 saturated carbocycles. The van der Waals surface area contributed by atoms with Gasteiger partial charge in [0.1, 0.15) is 11.5 Å². The average molecular weight is 243 g/mol. The van der Waals surface area contributed by atoms with Gasteiger partial charge >= 0.3 is 0 Å². The fourth-order valence-electron chi connectivity index (χ4n) is 1.85. The second-order valence-electron chi connectivity index (χ2n) is 4.11. The summed E-state index contributed by atoms with van der Waals surface area (Å²) >= 11 is 1.83. The van der Waals surface area contributed by atoms with E-state index in [1.165, 1.54) is 12.1 Å². The zero-order valence-electron chi connectivity index (χ0n) is 9.22. The Hall–Kier alpha value is -0.770. The van der Waals surface area contributed by atoms with Crippen LogP contribution in [0.1, 0.15) is 18.4 Å². The van der Waals surface area contributed by atoms with Crippen molar-refractivity contribution in [2.24, 2.45) is 0 Å². The highest BCUT2D eigenvalue weighted by Crippen LogP contribution is 2.26. The summed E-state index contributed by atoms with van der Waals surface area (Å²) in [6, 6.07) is 2.96. The third-order valence-corrected chi connectivity index (χ3v) is 4.01. The molecule has 1 aromatic rings. The van der Waals surface area contributed by atoms with Gasteiger partial charge in [0.15, 0.2) is 5.82 Å². The normalized spacial score (nSPS) is 20.8. The number of rotatable bonds is 2. The highest BCUT2D eigenvalue weighted by Gasteiger charge is 2.18. The number of nitrogens with one attached hydrogen (secondary N) is 1. The van der Waals surface area contributed by atoms with Gasteiger partial charge in [0.2, 0.25) is 0 Å². The molecule has 0 amide bonds. The van der Waals surface area contributed by atoms with Crippen LogP contribution in [0.2, 0.25) is 0 Å². The number of halogens is 2. The van der Waals surface area contributed by atoms with Gasteiger partial charge in [-0.1, -0.05) is 6.07 Å². The van der Waals surface area contributed by atoms with E-state index in [-0.39, 0.29) is 11.7 Å². The van der Waals surface area contributed by atoms with Crippen LogP contribution in [0.15, 0.2) is 12.1 Å². The Bertz CT molecular complexity index is 376. The van der Waals surface area contributed by atoms with E-state index in [0.717, 1.165) is 24.3 Å². The molecule has 1 nitrogen and oxygen atoms in total. The maximum atomic E-state index is 13.7. The van der Waals surface area contributed by atoms with Gasteiger partial charge in [-0.2, -0.15) is 11.8 Å². The Kier molecular flexibility index (Phi) is 3.69. The molecular formula is C12H15F2NS. The first kappa shape index (κ1) is 11.7. The molecule has 4 heteroatoms. The van der Waals surface area contributed by atoms with Crippen LogP contribution in [-0.2, 0) is 0 Å². The summed E-state index contributed by atoms with van der Waals surface area (Å²) < 4.78 is 27.2. The lowest BCUT2D eigenvalue weighted by Gasteiger charge is -2.24. The summed E-state index contributed by atoms with van der Waals surface area (Å²) in [5.74, 6) is 1.11. The number of anilines is 1. The van der Waals surface area contributed by atoms with Gasteiger partial charge in [0.25, 0.3) is 0 Å². The average Bonchev–Trinajstić information content (AvgIpc) is 2.31. The molecule has 16 heavy (non-hydrogen) atoms. The molecule has 1 fully saturated rings. The largest absolute Gasteiger partial charge is 0.377 e. The van der Waals surface area contributed by atoms with E-state index in [4.69, 9.17) is 0 Å². The SMILES string of the molecule is Cc1ccc(F)c(NC2CCCSC2)c1F. The molecule has 1 heterocycles. The highest BCUT2D eigenvalue weighted by atomic mass is 32.2. The Morgan fingerprint density at radius 2 is 2.19 bits per heavy atom. The number of benzene rings is 1. The lowest BCUT2D eigenvalue weighted by molar-refractivity contribution is 0.573. The van der Waals surface area contributed by atoms with E-state index < -0.39 is 11.6 Å². The lowest BCUT2D eigenvalue weighted by Crippen LogP contribution is -2.26. The number of aryl methyl sites for hydroxylation is 1. The van der Waals surface area contributed by atoms with Crippen molar-refractivity contribution in [2.75, 3.05) is 16.8 Å². The number of hydrogen-bond acceptors (Lipinski definition) is 2. The van der Waals surface area contributed by atoms with Crippen LogP contribution >= 0.6 is 11.8 Å². The minimum atomic E-state index is -0.501. The smallest absolute Gasteiger partial charge is 0.152 e. The Morgan fingerprint density at radius 3 is 2.88 bits per heavy atom. The van der Waals surface area contributed by atoms with Crippen molar-refractivity contribution >= 4 is 17.4 Å². The lowest BCUT2D eigenvalue weighted by atomic mass is 10.1. The molecule has 1 atom stereocenters. The molecular weight excluding hydrogens is 228 g/mol. The third-order valence-electron chi connectivity index (χ3n) is 2.79. The second kappa shape index (κ2) is 5.04. The van der Waals surface area contributed by atoms with E-state index >= 15 is 0 Å². The Labute approximate surface area is 98.6 Å². The van der Waals surface area contributed by atoms with Crippen LogP contribution < -0.4 is 5.32 Å². The predicted molar refractivity (Wildman–Crippen MR) is 65.1 cm³/mol. The van der Waals surface area contributed by atoms with E-state index in [1.807, 2.05) is 11.8 Å². The van der Waals surface area contributed by atoms with Gasteiger partial charge < -0.3 is 5.32 Å². The third kappa shape index (κ3) is 2.48. The molecule has 1 aliphatic heterocycles. The van der Waals surface area contributed by atoms with Gasteiger partial charge in [0.05, 0.1) is 0 Å². The monoisotopic (exact) mass is 243 g/mol. The summed E-state index contributed by atoms with van der Waals surface area (Å²) in [6.45, 7) is 1.65. The fraction of sp³-hybridized carbons (Fsp3) is 0.500. The zero-order chi connectivity index (χ0) is 11.5. The van der Waals surface area contributed by atoms with E-state index in [9.17, 15) is 8.78 Å². The Balaban J connectivity index is 2.16. The summed E-state index contributed by atoms with van der Waals surface area (Å²) in [7, 11) is 0. The quantitative estimate of drug-likeness (QED) is 0.852. The summed E-state index contributed by atoms with van der Waals surface area (Å²) in [4.78, 5) is 0. The van der Waals surface area contributed by atoms with Crippen molar-refractivity contribution in [3.8, 4) is 0 Å². The first-order valence-electron chi connectivity index (χ1n) is 5.47. The molecule has 0 aliphatic carbocycles. The summed E-state index contributed by atoms with van der Waals surface area (Å²) in [6.07, 6.45) is 2.09. The van der Waals surface area contributed by atoms with Crippen LogP contribution in [-0.4, -0.2) is 17.5 Å². The number of hydrogen-bond donors (Lipinski definition) is 1. The van der Waals surface area contributed by atoms with Crippen LogP contribution in [0, 0.1) is 18.6 Å².